The smallest absolute Gasteiger partial charge is 0.186 e. The molecule has 1 saturated heterocycles. The molecule has 1 aliphatic rings. The first-order valence-corrected chi connectivity index (χ1v) is 11.8. The molecule has 1 aliphatic heterocycles. The van der Waals surface area contributed by atoms with Gasteiger partial charge in [0.1, 0.15) is 24.4 Å². The van der Waals surface area contributed by atoms with Gasteiger partial charge in [-0.15, -0.1) is 0 Å². The van der Waals surface area contributed by atoms with Crippen LogP contribution in [-0.4, -0.2) is 70.9 Å². The molecular formula is C23H46O6. The summed E-state index contributed by atoms with van der Waals surface area (Å²) in [7, 11) is 1.66. The molecule has 6 heteroatoms. The second-order valence-corrected chi connectivity index (χ2v) is 7.77. The van der Waals surface area contributed by atoms with Gasteiger partial charge in [-0.1, -0.05) is 53.4 Å². The van der Waals surface area contributed by atoms with Gasteiger partial charge in [-0.25, -0.2) is 0 Å². The highest BCUT2D eigenvalue weighted by molar-refractivity contribution is 4.93. The van der Waals surface area contributed by atoms with Crippen molar-refractivity contribution >= 4 is 0 Å². The fraction of sp³-hybridized carbons (Fsp3) is 1.00. The largest absolute Gasteiger partial charge is 0.379 e. The van der Waals surface area contributed by atoms with E-state index in [1.807, 2.05) is 0 Å². The predicted molar refractivity (Wildman–Crippen MR) is 115 cm³/mol. The Morgan fingerprint density at radius 1 is 0.621 bits per heavy atom. The third-order valence-corrected chi connectivity index (χ3v) is 5.17. The van der Waals surface area contributed by atoms with Gasteiger partial charge in [0.25, 0.3) is 0 Å². The van der Waals surface area contributed by atoms with Crippen molar-refractivity contribution in [2.45, 2.75) is 110 Å². The molecule has 0 aromatic rings. The normalized spacial score (nSPS) is 27.4. The van der Waals surface area contributed by atoms with Crippen LogP contribution in [0.1, 0.15) is 79.1 Å². The molecule has 0 aliphatic carbocycles. The number of hydrogen-bond acceptors (Lipinski definition) is 6. The van der Waals surface area contributed by atoms with E-state index in [-0.39, 0.29) is 24.4 Å². The van der Waals surface area contributed by atoms with Crippen molar-refractivity contribution in [3.63, 3.8) is 0 Å². The van der Waals surface area contributed by atoms with Gasteiger partial charge in [-0.3, -0.25) is 0 Å². The molecule has 0 saturated carbocycles. The van der Waals surface area contributed by atoms with Gasteiger partial charge in [-0.2, -0.15) is 0 Å². The van der Waals surface area contributed by atoms with Gasteiger partial charge in [0, 0.05) is 33.5 Å². The fourth-order valence-electron chi connectivity index (χ4n) is 3.31. The Morgan fingerprint density at radius 3 is 1.62 bits per heavy atom. The quantitative estimate of drug-likeness (QED) is 0.300. The average molecular weight is 419 g/mol. The highest BCUT2D eigenvalue weighted by Crippen LogP contribution is 2.29. The molecule has 5 atom stereocenters. The highest BCUT2D eigenvalue weighted by atomic mass is 16.7. The van der Waals surface area contributed by atoms with E-state index in [4.69, 9.17) is 28.4 Å². The van der Waals surface area contributed by atoms with Crippen LogP contribution in [0, 0.1) is 0 Å². The van der Waals surface area contributed by atoms with E-state index in [9.17, 15) is 0 Å². The summed E-state index contributed by atoms with van der Waals surface area (Å²) in [5, 5.41) is 0. The van der Waals surface area contributed by atoms with E-state index >= 15 is 0 Å². The minimum absolute atomic E-state index is 0.224. The zero-order valence-corrected chi connectivity index (χ0v) is 19.5. The summed E-state index contributed by atoms with van der Waals surface area (Å²) in [4.78, 5) is 0. The molecule has 0 bridgehead atoms. The molecule has 1 heterocycles. The van der Waals surface area contributed by atoms with Crippen LogP contribution in [0.2, 0.25) is 0 Å². The topological polar surface area (TPSA) is 55.4 Å². The summed E-state index contributed by atoms with van der Waals surface area (Å²) in [6, 6.07) is 0. The molecule has 0 radical (unpaired) electrons. The first-order chi connectivity index (χ1) is 14.2. The maximum absolute atomic E-state index is 6.33. The summed E-state index contributed by atoms with van der Waals surface area (Å²) in [5.74, 6) is 0. The Bertz CT molecular complexity index is 367. The number of rotatable bonds is 18. The van der Waals surface area contributed by atoms with E-state index in [0.29, 0.717) is 26.4 Å². The Kier molecular flexibility index (Phi) is 16.1. The molecule has 1 fully saturated rings. The minimum Gasteiger partial charge on any atom is -0.379 e. The molecule has 0 amide bonds. The Morgan fingerprint density at radius 2 is 1.10 bits per heavy atom. The van der Waals surface area contributed by atoms with Crippen LogP contribution in [0.15, 0.2) is 0 Å². The van der Waals surface area contributed by atoms with Crippen LogP contribution in [0.5, 0.6) is 0 Å². The monoisotopic (exact) mass is 418 g/mol. The third-order valence-electron chi connectivity index (χ3n) is 5.17. The molecule has 0 aromatic carbocycles. The van der Waals surface area contributed by atoms with Crippen molar-refractivity contribution in [2.75, 3.05) is 40.1 Å². The van der Waals surface area contributed by atoms with Gasteiger partial charge < -0.3 is 28.4 Å². The zero-order valence-electron chi connectivity index (χ0n) is 19.5. The fourth-order valence-corrected chi connectivity index (χ4v) is 3.31. The second-order valence-electron chi connectivity index (χ2n) is 7.77. The molecule has 174 valence electrons. The minimum atomic E-state index is -0.482. The molecule has 29 heavy (non-hydrogen) atoms. The lowest BCUT2D eigenvalue weighted by molar-refractivity contribution is -0.318. The van der Waals surface area contributed by atoms with Crippen LogP contribution in [0.3, 0.4) is 0 Å². The summed E-state index contributed by atoms with van der Waals surface area (Å²) < 4.78 is 36.7. The SMILES string of the molecule is CCCCOCC1O[C@H](OC)C(OCCCC)[C@@H](OCCCC)[C@@H]1OCCCC. The summed E-state index contributed by atoms with van der Waals surface area (Å²) in [5.41, 5.74) is 0. The molecule has 0 N–H and O–H groups in total. The summed E-state index contributed by atoms with van der Waals surface area (Å²) in [6.45, 7) is 11.9. The Balaban J connectivity index is 2.92. The maximum atomic E-state index is 6.33. The van der Waals surface area contributed by atoms with Crippen molar-refractivity contribution in [2.24, 2.45) is 0 Å². The second kappa shape index (κ2) is 17.4. The molecule has 0 spiro atoms. The van der Waals surface area contributed by atoms with Crippen molar-refractivity contribution < 1.29 is 28.4 Å². The van der Waals surface area contributed by atoms with Crippen molar-refractivity contribution in [1.29, 1.82) is 0 Å². The zero-order chi connectivity index (χ0) is 21.3. The molecule has 0 aromatic heterocycles. The first-order valence-electron chi connectivity index (χ1n) is 11.8. The average Bonchev–Trinajstić information content (AvgIpc) is 2.73. The molecule has 2 unspecified atom stereocenters. The van der Waals surface area contributed by atoms with Crippen LogP contribution in [-0.2, 0) is 28.4 Å². The van der Waals surface area contributed by atoms with Gasteiger partial charge in [0.05, 0.1) is 6.61 Å². The van der Waals surface area contributed by atoms with E-state index in [1.54, 1.807) is 7.11 Å². The van der Waals surface area contributed by atoms with Gasteiger partial charge in [-0.05, 0) is 25.7 Å². The van der Waals surface area contributed by atoms with Gasteiger partial charge >= 0.3 is 0 Å². The van der Waals surface area contributed by atoms with Crippen LogP contribution in [0.25, 0.3) is 0 Å². The number of ether oxygens (including phenoxy) is 6. The summed E-state index contributed by atoms with van der Waals surface area (Å²) in [6.07, 6.45) is 6.96. The number of methoxy groups -OCH3 is 1. The standard InChI is InChI=1S/C23H46O6/c1-6-10-14-25-18-19-20(26-15-11-7-2)21(27-16-12-8-3)22(23(24-5)29-19)28-17-13-9-4/h19-23H,6-18H2,1-5H3/t19?,20-,21+,22?,23+/m1/s1. The van der Waals surface area contributed by atoms with Crippen LogP contribution >= 0.6 is 0 Å². The highest BCUT2D eigenvalue weighted by Gasteiger charge is 2.48. The lowest BCUT2D eigenvalue weighted by atomic mass is 9.98. The number of unbranched alkanes of at least 4 members (excludes halogenated alkanes) is 4. The Labute approximate surface area is 178 Å². The van der Waals surface area contributed by atoms with Crippen molar-refractivity contribution in [3.8, 4) is 0 Å². The van der Waals surface area contributed by atoms with Crippen molar-refractivity contribution in [1.82, 2.24) is 0 Å². The molecule has 6 nitrogen and oxygen atoms in total. The van der Waals surface area contributed by atoms with E-state index in [1.165, 1.54) is 0 Å². The third kappa shape index (κ3) is 10.1. The molecule has 1 rings (SSSR count). The van der Waals surface area contributed by atoms with E-state index in [2.05, 4.69) is 27.7 Å². The van der Waals surface area contributed by atoms with Crippen LogP contribution in [0.4, 0.5) is 0 Å². The predicted octanol–water partition coefficient (Wildman–Crippen LogP) is 4.73. The van der Waals surface area contributed by atoms with E-state index < -0.39 is 6.29 Å². The first kappa shape index (κ1) is 26.8. The maximum Gasteiger partial charge on any atom is 0.186 e. The lowest BCUT2D eigenvalue weighted by Gasteiger charge is -2.45. The Hall–Kier alpha value is -0.240. The summed E-state index contributed by atoms with van der Waals surface area (Å²) >= 11 is 0. The van der Waals surface area contributed by atoms with Gasteiger partial charge in [0.15, 0.2) is 6.29 Å². The van der Waals surface area contributed by atoms with Gasteiger partial charge in [0.2, 0.25) is 0 Å². The molecular weight excluding hydrogens is 372 g/mol. The lowest BCUT2D eigenvalue weighted by Crippen LogP contribution is -2.62. The van der Waals surface area contributed by atoms with Crippen LogP contribution < -0.4 is 0 Å². The number of hydrogen-bond donors (Lipinski definition) is 0. The van der Waals surface area contributed by atoms with Crippen molar-refractivity contribution in [3.05, 3.63) is 0 Å². The van der Waals surface area contributed by atoms with E-state index in [0.717, 1.165) is 58.0 Å².